The number of esters is 1. The van der Waals surface area contributed by atoms with Gasteiger partial charge >= 0.3 is 5.97 Å². The lowest BCUT2D eigenvalue weighted by molar-refractivity contribution is -0.145. The van der Waals surface area contributed by atoms with E-state index in [0.29, 0.717) is 112 Å². The third-order valence-corrected chi connectivity index (χ3v) is 7.97. The van der Waals surface area contributed by atoms with Gasteiger partial charge in [-0.25, -0.2) is 0 Å². The summed E-state index contributed by atoms with van der Waals surface area (Å²) in [5.74, 6) is -0.134. The van der Waals surface area contributed by atoms with Crippen molar-refractivity contribution >= 4 is 5.97 Å². The molecule has 0 radical (unpaired) electrons. The molecular formula is C39H78O10. The van der Waals surface area contributed by atoms with Crippen LogP contribution in [0.3, 0.4) is 0 Å². The highest BCUT2D eigenvalue weighted by molar-refractivity contribution is 5.69. The Bertz CT molecular complexity index is 610. The molecule has 0 N–H and O–H groups in total. The molecule has 0 aromatic heterocycles. The Morgan fingerprint density at radius 2 is 0.531 bits per heavy atom. The van der Waals surface area contributed by atoms with E-state index in [1.165, 1.54) is 96.3 Å². The summed E-state index contributed by atoms with van der Waals surface area (Å²) in [4.78, 5) is 11.7. The lowest BCUT2D eigenvalue weighted by Gasteiger charge is -2.09. The third-order valence-electron chi connectivity index (χ3n) is 7.97. The molecule has 0 aliphatic carbocycles. The minimum Gasteiger partial charge on any atom is -0.463 e. The maximum atomic E-state index is 11.7. The number of ether oxygens (including phenoxy) is 9. The molecule has 0 unspecified atom stereocenters. The lowest BCUT2D eigenvalue weighted by Crippen LogP contribution is -2.15. The Morgan fingerprint density at radius 1 is 0.286 bits per heavy atom. The summed E-state index contributed by atoms with van der Waals surface area (Å²) < 4.78 is 49.4. The van der Waals surface area contributed by atoms with Crippen LogP contribution in [0.5, 0.6) is 0 Å². The maximum Gasteiger partial charge on any atom is 0.305 e. The predicted octanol–water partition coefficient (Wildman–Crippen LogP) is 8.11. The predicted molar refractivity (Wildman–Crippen MR) is 197 cm³/mol. The Kier molecular flexibility index (Phi) is 44.4. The van der Waals surface area contributed by atoms with Gasteiger partial charge in [-0.15, -0.1) is 0 Å². The van der Waals surface area contributed by atoms with Crippen molar-refractivity contribution in [3.05, 3.63) is 0 Å². The van der Waals surface area contributed by atoms with Gasteiger partial charge in [0.05, 0.1) is 99.1 Å². The number of carbonyl (C=O) groups excluding carboxylic acids is 1. The average Bonchev–Trinajstić information content (AvgIpc) is 3.11. The Morgan fingerprint density at radius 3 is 0.857 bits per heavy atom. The van der Waals surface area contributed by atoms with Crippen LogP contribution in [0.2, 0.25) is 0 Å². The number of hydrogen-bond donors (Lipinski definition) is 0. The highest BCUT2D eigenvalue weighted by atomic mass is 16.6. The van der Waals surface area contributed by atoms with E-state index in [4.69, 9.17) is 42.6 Å². The molecule has 10 nitrogen and oxygen atoms in total. The van der Waals surface area contributed by atoms with Crippen molar-refractivity contribution in [3.8, 4) is 0 Å². The van der Waals surface area contributed by atoms with E-state index in [1.54, 1.807) is 0 Å². The molecule has 0 saturated heterocycles. The first-order chi connectivity index (χ1) is 24.3. The third kappa shape index (κ3) is 45.1. The van der Waals surface area contributed by atoms with Crippen LogP contribution in [0.1, 0.15) is 136 Å². The summed E-state index contributed by atoms with van der Waals surface area (Å²) in [6.45, 7) is 13.5. The molecule has 0 saturated carbocycles. The zero-order valence-electron chi connectivity index (χ0n) is 32.0. The molecular weight excluding hydrogens is 628 g/mol. The highest BCUT2D eigenvalue weighted by Gasteiger charge is 2.03. The first-order valence-corrected chi connectivity index (χ1v) is 20.1. The van der Waals surface area contributed by atoms with E-state index >= 15 is 0 Å². The van der Waals surface area contributed by atoms with Crippen LogP contribution < -0.4 is 0 Å². The standard InChI is InChI=1S/C39H78O10/c1-3-5-7-9-11-12-13-14-16-18-20-22-41-23-24-42-25-26-43-27-28-44-29-30-45-31-32-46-33-34-47-35-36-48-37-38-49-39(40)21-19-17-15-10-8-6-4-2/h3-38H2,1-2H3. The van der Waals surface area contributed by atoms with Crippen molar-refractivity contribution in [1.82, 2.24) is 0 Å². The molecule has 0 amide bonds. The van der Waals surface area contributed by atoms with E-state index in [2.05, 4.69) is 13.8 Å². The van der Waals surface area contributed by atoms with Crippen molar-refractivity contribution in [2.75, 3.05) is 112 Å². The van der Waals surface area contributed by atoms with Gasteiger partial charge in [0.15, 0.2) is 0 Å². The molecule has 0 aliphatic heterocycles. The molecule has 0 aromatic carbocycles. The first-order valence-electron chi connectivity index (χ1n) is 20.1. The number of carbonyl (C=O) groups is 1. The zero-order valence-corrected chi connectivity index (χ0v) is 32.0. The first kappa shape index (κ1) is 48.1. The SMILES string of the molecule is CCCCCCCCCCCCCOCCOCCOCCOCCOCCOCCOCCOCCOC(=O)CCCCCCCCC. The summed E-state index contributed by atoms with van der Waals surface area (Å²) in [5, 5.41) is 0. The number of hydrogen-bond acceptors (Lipinski definition) is 10. The van der Waals surface area contributed by atoms with Crippen LogP contribution in [0.4, 0.5) is 0 Å². The molecule has 0 spiro atoms. The fourth-order valence-corrected chi connectivity index (χ4v) is 5.02. The quantitative estimate of drug-likeness (QED) is 0.0456. The molecule has 0 rings (SSSR count). The van der Waals surface area contributed by atoms with Gasteiger partial charge in [0.2, 0.25) is 0 Å². The fourth-order valence-electron chi connectivity index (χ4n) is 5.02. The van der Waals surface area contributed by atoms with Gasteiger partial charge in [0.1, 0.15) is 6.61 Å². The van der Waals surface area contributed by atoms with Gasteiger partial charge in [-0.1, -0.05) is 117 Å². The summed E-state index contributed by atoms with van der Waals surface area (Å²) in [7, 11) is 0. The van der Waals surface area contributed by atoms with E-state index in [1.807, 2.05) is 0 Å². The van der Waals surface area contributed by atoms with E-state index in [-0.39, 0.29) is 5.97 Å². The van der Waals surface area contributed by atoms with E-state index < -0.39 is 0 Å². The van der Waals surface area contributed by atoms with Crippen molar-refractivity contribution < 1.29 is 47.4 Å². The molecule has 0 fully saturated rings. The van der Waals surface area contributed by atoms with Crippen LogP contribution in [0, 0.1) is 0 Å². The van der Waals surface area contributed by atoms with Crippen molar-refractivity contribution in [2.45, 2.75) is 136 Å². The summed E-state index contributed by atoms with van der Waals surface area (Å²) >= 11 is 0. The lowest BCUT2D eigenvalue weighted by atomic mass is 10.1. The fraction of sp³-hybridized carbons (Fsp3) is 0.974. The summed E-state index contributed by atoms with van der Waals surface area (Å²) in [6, 6.07) is 0. The zero-order chi connectivity index (χ0) is 35.4. The largest absolute Gasteiger partial charge is 0.463 e. The van der Waals surface area contributed by atoms with Gasteiger partial charge in [0, 0.05) is 13.0 Å². The monoisotopic (exact) mass is 707 g/mol. The smallest absolute Gasteiger partial charge is 0.305 e. The second-order valence-electron chi connectivity index (χ2n) is 12.5. The second kappa shape index (κ2) is 45.2. The molecule has 49 heavy (non-hydrogen) atoms. The van der Waals surface area contributed by atoms with Crippen molar-refractivity contribution in [3.63, 3.8) is 0 Å². The molecule has 0 aromatic rings. The van der Waals surface area contributed by atoms with E-state index in [0.717, 1.165) is 25.9 Å². The van der Waals surface area contributed by atoms with E-state index in [9.17, 15) is 4.79 Å². The summed E-state index contributed by atoms with van der Waals surface area (Å²) in [6.07, 6.45) is 23.7. The minimum absolute atomic E-state index is 0.134. The van der Waals surface area contributed by atoms with Crippen LogP contribution in [-0.2, 0) is 47.4 Å². The van der Waals surface area contributed by atoms with Gasteiger partial charge < -0.3 is 42.6 Å². The molecule has 10 heteroatoms. The van der Waals surface area contributed by atoms with Crippen LogP contribution in [0.25, 0.3) is 0 Å². The number of rotatable bonds is 44. The van der Waals surface area contributed by atoms with Crippen LogP contribution in [0.15, 0.2) is 0 Å². The molecule has 294 valence electrons. The van der Waals surface area contributed by atoms with Crippen LogP contribution in [-0.4, -0.2) is 118 Å². The highest BCUT2D eigenvalue weighted by Crippen LogP contribution is 2.11. The molecule has 0 heterocycles. The second-order valence-corrected chi connectivity index (χ2v) is 12.5. The van der Waals surface area contributed by atoms with Crippen molar-refractivity contribution in [1.29, 1.82) is 0 Å². The minimum atomic E-state index is -0.134. The Labute approximate surface area is 301 Å². The topological polar surface area (TPSA) is 100 Å². The Hall–Kier alpha value is -0.850. The van der Waals surface area contributed by atoms with Gasteiger partial charge in [-0.05, 0) is 12.8 Å². The molecule has 0 bridgehead atoms. The molecule has 0 aliphatic rings. The normalized spacial score (nSPS) is 11.5. The molecule has 0 atom stereocenters. The maximum absolute atomic E-state index is 11.7. The van der Waals surface area contributed by atoms with Gasteiger partial charge in [0.25, 0.3) is 0 Å². The van der Waals surface area contributed by atoms with Crippen LogP contribution >= 0.6 is 0 Å². The Balaban J connectivity index is 3.09. The van der Waals surface area contributed by atoms with Gasteiger partial charge in [-0.2, -0.15) is 0 Å². The van der Waals surface area contributed by atoms with Gasteiger partial charge in [-0.3, -0.25) is 4.79 Å². The number of unbranched alkanes of at least 4 members (excludes halogenated alkanes) is 16. The summed E-state index contributed by atoms with van der Waals surface area (Å²) in [5.41, 5.74) is 0. The average molecular weight is 707 g/mol. The van der Waals surface area contributed by atoms with Crippen molar-refractivity contribution in [2.24, 2.45) is 0 Å².